The predicted octanol–water partition coefficient (Wildman–Crippen LogP) is 1.19. The van der Waals surface area contributed by atoms with Crippen molar-refractivity contribution in [3.05, 3.63) is 0 Å². The van der Waals surface area contributed by atoms with Crippen molar-refractivity contribution in [2.75, 3.05) is 13.2 Å². The Balaban J connectivity index is 3.54. The van der Waals surface area contributed by atoms with Crippen molar-refractivity contribution < 1.29 is 9.84 Å². The second kappa shape index (κ2) is 5.17. The zero-order valence-electron chi connectivity index (χ0n) is 7.26. The van der Waals surface area contributed by atoms with E-state index in [0.717, 1.165) is 0 Å². The Morgan fingerprint density at radius 1 is 1.64 bits per heavy atom. The maximum absolute atomic E-state index is 9.56. The van der Waals surface area contributed by atoms with Gasteiger partial charge in [0.1, 0.15) is 0 Å². The lowest BCUT2D eigenvalue weighted by molar-refractivity contribution is -0.0345. The molecule has 0 heterocycles. The summed E-state index contributed by atoms with van der Waals surface area (Å²) in [5.74, 6) is 2.48. The molecule has 0 aromatic carbocycles. The van der Waals surface area contributed by atoms with Gasteiger partial charge in [-0.1, -0.05) is 0 Å². The molecule has 0 aliphatic carbocycles. The zero-order valence-corrected chi connectivity index (χ0v) is 7.26. The number of rotatable bonds is 5. The number of hydrogen-bond acceptors (Lipinski definition) is 2. The monoisotopic (exact) mass is 156 g/mol. The Kier molecular flexibility index (Phi) is 4.93. The van der Waals surface area contributed by atoms with Crippen molar-refractivity contribution in [3.63, 3.8) is 0 Å². The van der Waals surface area contributed by atoms with Gasteiger partial charge in [0, 0.05) is 13.0 Å². The van der Waals surface area contributed by atoms with Crippen LogP contribution in [-0.2, 0) is 4.74 Å². The fourth-order valence-corrected chi connectivity index (χ4v) is 0.736. The van der Waals surface area contributed by atoms with Crippen LogP contribution in [-0.4, -0.2) is 23.9 Å². The van der Waals surface area contributed by atoms with Gasteiger partial charge in [0.25, 0.3) is 0 Å². The fourth-order valence-electron chi connectivity index (χ4n) is 0.736. The first-order chi connectivity index (χ1) is 5.12. The highest BCUT2D eigenvalue weighted by Gasteiger charge is 2.18. The van der Waals surface area contributed by atoms with Crippen LogP contribution in [0, 0.1) is 12.3 Å². The highest BCUT2D eigenvalue weighted by molar-refractivity contribution is 4.87. The minimum absolute atomic E-state index is 0.366. The van der Waals surface area contributed by atoms with E-state index >= 15 is 0 Å². The summed E-state index contributed by atoms with van der Waals surface area (Å²) in [6, 6.07) is 0. The molecule has 0 fully saturated rings. The van der Waals surface area contributed by atoms with Crippen LogP contribution in [0.15, 0.2) is 0 Å². The van der Waals surface area contributed by atoms with Crippen LogP contribution in [0.1, 0.15) is 26.7 Å². The molecular formula is C9H16O2. The second-order valence-corrected chi connectivity index (χ2v) is 2.84. The van der Waals surface area contributed by atoms with E-state index in [-0.39, 0.29) is 0 Å². The summed E-state index contributed by atoms with van der Waals surface area (Å²) in [6.07, 6.45) is 6.26. The third-order valence-corrected chi connectivity index (χ3v) is 1.43. The molecule has 0 aliphatic heterocycles. The molecule has 0 amide bonds. The van der Waals surface area contributed by atoms with Crippen LogP contribution in [0.2, 0.25) is 0 Å². The van der Waals surface area contributed by atoms with Crippen molar-refractivity contribution in [2.45, 2.75) is 32.3 Å². The zero-order chi connectivity index (χ0) is 8.74. The van der Waals surface area contributed by atoms with Crippen LogP contribution in [0.4, 0.5) is 0 Å². The van der Waals surface area contributed by atoms with E-state index < -0.39 is 5.60 Å². The molecule has 0 aromatic heterocycles. The van der Waals surface area contributed by atoms with Crippen molar-refractivity contribution >= 4 is 0 Å². The average Bonchev–Trinajstić information content (AvgIpc) is 1.97. The van der Waals surface area contributed by atoms with Gasteiger partial charge in [-0.2, -0.15) is 0 Å². The molecule has 1 N–H and O–H groups in total. The van der Waals surface area contributed by atoms with Gasteiger partial charge >= 0.3 is 0 Å². The summed E-state index contributed by atoms with van der Waals surface area (Å²) in [6.45, 7) is 4.63. The van der Waals surface area contributed by atoms with E-state index in [1.165, 1.54) is 0 Å². The number of ether oxygens (including phenoxy) is 1. The number of terminal acetylenes is 1. The van der Waals surface area contributed by atoms with Gasteiger partial charge in [0.05, 0.1) is 12.2 Å². The Morgan fingerprint density at radius 2 is 2.27 bits per heavy atom. The van der Waals surface area contributed by atoms with Crippen LogP contribution in [0.5, 0.6) is 0 Å². The third-order valence-electron chi connectivity index (χ3n) is 1.43. The van der Waals surface area contributed by atoms with Crippen LogP contribution < -0.4 is 0 Å². The quantitative estimate of drug-likeness (QED) is 0.606. The minimum Gasteiger partial charge on any atom is -0.388 e. The van der Waals surface area contributed by atoms with Crippen molar-refractivity contribution in [3.8, 4) is 12.3 Å². The maximum atomic E-state index is 9.56. The molecule has 64 valence electrons. The Labute approximate surface area is 68.6 Å². The van der Waals surface area contributed by atoms with Gasteiger partial charge in [0.2, 0.25) is 0 Å². The van der Waals surface area contributed by atoms with Crippen LogP contribution >= 0.6 is 0 Å². The van der Waals surface area contributed by atoms with Gasteiger partial charge in [-0.3, -0.25) is 0 Å². The predicted molar refractivity (Wildman–Crippen MR) is 45.2 cm³/mol. The molecule has 0 saturated heterocycles. The molecule has 1 unspecified atom stereocenters. The first-order valence-electron chi connectivity index (χ1n) is 3.86. The van der Waals surface area contributed by atoms with E-state index in [0.29, 0.717) is 26.1 Å². The molecule has 0 bridgehead atoms. The van der Waals surface area contributed by atoms with E-state index in [2.05, 4.69) is 5.92 Å². The molecule has 0 aromatic rings. The van der Waals surface area contributed by atoms with E-state index in [1.807, 2.05) is 6.92 Å². The highest BCUT2D eigenvalue weighted by Crippen LogP contribution is 2.11. The number of aliphatic hydroxyl groups is 1. The minimum atomic E-state index is -0.762. The first-order valence-corrected chi connectivity index (χ1v) is 3.86. The maximum Gasteiger partial charge on any atom is 0.0861 e. The molecular weight excluding hydrogens is 140 g/mol. The van der Waals surface area contributed by atoms with E-state index in [4.69, 9.17) is 11.2 Å². The third kappa shape index (κ3) is 5.90. The summed E-state index contributed by atoms with van der Waals surface area (Å²) < 4.78 is 5.08. The molecule has 2 heteroatoms. The molecule has 1 atom stereocenters. The van der Waals surface area contributed by atoms with Gasteiger partial charge in [-0.25, -0.2) is 0 Å². The summed E-state index contributed by atoms with van der Waals surface area (Å²) in [7, 11) is 0. The molecule has 0 rings (SSSR count). The number of hydrogen-bond donors (Lipinski definition) is 1. The summed E-state index contributed by atoms with van der Waals surface area (Å²) in [5.41, 5.74) is -0.762. The first kappa shape index (κ1) is 10.5. The smallest absolute Gasteiger partial charge is 0.0861 e. The van der Waals surface area contributed by atoms with E-state index in [1.54, 1.807) is 6.92 Å². The molecule has 2 nitrogen and oxygen atoms in total. The molecule has 0 radical (unpaired) electrons. The Hall–Kier alpha value is -0.520. The molecule has 11 heavy (non-hydrogen) atoms. The molecule has 0 aliphatic rings. The summed E-state index contributed by atoms with van der Waals surface area (Å²) >= 11 is 0. The summed E-state index contributed by atoms with van der Waals surface area (Å²) in [4.78, 5) is 0. The average molecular weight is 156 g/mol. The van der Waals surface area contributed by atoms with E-state index in [9.17, 15) is 5.11 Å². The Morgan fingerprint density at radius 3 is 2.73 bits per heavy atom. The van der Waals surface area contributed by atoms with Crippen molar-refractivity contribution in [1.29, 1.82) is 0 Å². The lowest BCUT2D eigenvalue weighted by Gasteiger charge is -2.21. The van der Waals surface area contributed by atoms with Crippen LogP contribution in [0.25, 0.3) is 0 Å². The van der Waals surface area contributed by atoms with Gasteiger partial charge in [-0.05, 0) is 20.3 Å². The molecule has 0 spiro atoms. The van der Waals surface area contributed by atoms with Gasteiger partial charge in [-0.15, -0.1) is 12.3 Å². The van der Waals surface area contributed by atoms with Crippen molar-refractivity contribution in [1.82, 2.24) is 0 Å². The lowest BCUT2D eigenvalue weighted by atomic mass is 10.0. The molecule has 0 saturated carbocycles. The second-order valence-electron chi connectivity index (χ2n) is 2.84. The standard InChI is InChI=1S/C9H16O2/c1-4-6-7-9(3,10)8-11-5-2/h1,10H,5-8H2,2-3H3. The fraction of sp³-hybridized carbons (Fsp3) is 0.778. The van der Waals surface area contributed by atoms with Gasteiger partial charge in [0.15, 0.2) is 0 Å². The Bertz CT molecular complexity index is 133. The SMILES string of the molecule is C#CCCC(C)(O)COCC. The normalized spacial score (nSPS) is 15.5. The highest BCUT2D eigenvalue weighted by atomic mass is 16.5. The topological polar surface area (TPSA) is 29.5 Å². The largest absolute Gasteiger partial charge is 0.388 e. The van der Waals surface area contributed by atoms with Crippen LogP contribution in [0.3, 0.4) is 0 Å². The van der Waals surface area contributed by atoms with Gasteiger partial charge < -0.3 is 9.84 Å². The van der Waals surface area contributed by atoms with Crippen molar-refractivity contribution in [2.24, 2.45) is 0 Å². The summed E-state index contributed by atoms with van der Waals surface area (Å²) in [5, 5.41) is 9.56. The lowest BCUT2D eigenvalue weighted by Crippen LogP contribution is -2.30.